The molecular weight excluding hydrogens is 725 g/mol. The van der Waals surface area contributed by atoms with Gasteiger partial charge in [0.15, 0.2) is 17.5 Å². The van der Waals surface area contributed by atoms with Gasteiger partial charge in [-0.2, -0.15) is 0 Å². The Morgan fingerprint density at radius 3 is 1.72 bits per heavy atom. The zero-order valence-electron chi connectivity index (χ0n) is 31.2. The minimum absolute atomic E-state index is 0.627. The number of para-hydroxylation sites is 1. The van der Waals surface area contributed by atoms with Crippen LogP contribution in [0.25, 0.3) is 115 Å². The van der Waals surface area contributed by atoms with E-state index in [1.807, 2.05) is 47.7 Å². The van der Waals surface area contributed by atoms with Crippen LogP contribution in [-0.2, 0) is 0 Å². The molecule has 270 valence electrons. The Bertz CT molecular complexity index is 3510. The van der Waals surface area contributed by atoms with E-state index in [0.717, 1.165) is 33.5 Å². The van der Waals surface area contributed by atoms with Crippen molar-refractivity contribution < 1.29 is 0 Å². The normalized spacial score (nSPS) is 11.8. The number of fused-ring (bicyclic) bond motifs is 9. The maximum absolute atomic E-state index is 5.17. The first kappa shape index (κ1) is 32.7. The summed E-state index contributed by atoms with van der Waals surface area (Å²) in [6.45, 7) is 0. The van der Waals surface area contributed by atoms with Gasteiger partial charge >= 0.3 is 0 Å². The highest BCUT2D eigenvalue weighted by Gasteiger charge is 2.22. The average molecular weight is 757 g/mol. The van der Waals surface area contributed by atoms with Crippen molar-refractivity contribution in [1.29, 1.82) is 0 Å². The van der Waals surface area contributed by atoms with E-state index in [0.29, 0.717) is 17.5 Å². The van der Waals surface area contributed by atoms with Crippen LogP contribution in [0.5, 0.6) is 0 Å². The van der Waals surface area contributed by atoms with E-state index in [1.165, 1.54) is 63.6 Å². The molecule has 0 saturated heterocycles. The number of aromatic nitrogens is 4. The molecular formula is C53H32N4S. The van der Waals surface area contributed by atoms with Crippen molar-refractivity contribution in [2.75, 3.05) is 0 Å². The zero-order valence-corrected chi connectivity index (χ0v) is 32.0. The van der Waals surface area contributed by atoms with Crippen LogP contribution in [-0.4, -0.2) is 19.5 Å². The van der Waals surface area contributed by atoms with E-state index < -0.39 is 0 Å². The molecule has 0 radical (unpaired) electrons. The molecule has 0 bridgehead atoms. The fourth-order valence-corrected chi connectivity index (χ4v) is 9.98. The molecule has 4 nitrogen and oxygen atoms in total. The Balaban J connectivity index is 1.18. The third kappa shape index (κ3) is 5.18. The van der Waals surface area contributed by atoms with Crippen molar-refractivity contribution in [2.45, 2.75) is 0 Å². The molecule has 0 spiro atoms. The second-order valence-corrected chi connectivity index (χ2v) is 15.8. The molecule has 0 aliphatic carbocycles. The molecule has 3 aromatic heterocycles. The predicted octanol–water partition coefficient (Wildman–Crippen LogP) is 14.3. The number of rotatable bonds is 5. The lowest BCUT2D eigenvalue weighted by Gasteiger charge is -2.17. The van der Waals surface area contributed by atoms with Crippen LogP contribution in [0.3, 0.4) is 0 Å². The number of thiophene rings is 1. The van der Waals surface area contributed by atoms with Crippen LogP contribution in [0.4, 0.5) is 0 Å². The van der Waals surface area contributed by atoms with Gasteiger partial charge in [-0.15, -0.1) is 11.3 Å². The Hall–Kier alpha value is -7.47. The van der Waals surface area contributed by atoms with Gasteiger partial charge in [0.25, 0.3) is 0 Å². The molecule has 12 aromatic rings. The number of nitrogens with zero attached hydrogens (tertiary/aromatic N) is 4. The van der Waals surface area contributed by atoms with Crippen LogP contribution in [0, 0.1) is 0 Å². The zero-order chi connectivity index (χ0) is 38.2. The van der Waals surface area contributed by atoms with E-state index in [4.69, 9.17) is 15.0 Å². The van der Waals surface area contributed by atoms with Gasteiger partial charge < -0.3 is 4.57 Å². The van der Waals surface area contributed by atoms with Crippen LogP contribution in [0.1, 0.15) is 0 Å². The second-order valence-electron chi connectivity index (χ2n) is 14.8. The Labute approximate surface area is 338 Å². The van der Waals surface area contributed by atoms with Gasteiger partial charge in [-0.25, -0.2) is 15.0 Å². The average Bonchev–Trinajstić information content (AvgIpc) is 3.84. The van der Waals surface area contributed by atoms with Gasteiger partial charge in [0.1, 0.15) is 0 Å². The summed E-state index contributed by atoms with van der Waals surface area (Å²) < 4.78 is 5.02. The van der Waals surface area contributed by atoms with E-state index in [2.05, 4.69) is 162 Å². The lowest BCUT2D eigenvalue weighted by atomic mass is 9.95. The van der Waals surface area contributed by atoms with Crippen molar-refractivity contribution in [3.63, 3.8) is 0 Å². The Morgan fingerprint density at radius 2 is 0.983 bits per heavy atom. The highest BCUT2D eigenvalue weighted by Crippen LogP contribution is 2.46. The van der Waals surface area contributed by atoms with Crippen LogP contribution < -0.4 is 0 Å². The van der Waals surface area contributed by atoms with E-state index >= 15 is 0 Å². The molecule has 12 rings (SSSR count). The van der Waals surface area contributed by atoms with Crippen molar-refractivity contribution in [1.82, 2.24) is 19.5 Å². The maximum Gasteiger partial charge on any atom is 0.164 e. The van der Waals surface area contributed by atoms with Crippen LogP contribution in [0.15, 0.2) is 194 Å². The molecule has 0 N–H and O–H groups in total. The van der Waals surface area contributed by atoms with Gasteiger partial charge in [-0.3, -0.25) is 0 Å². The summed E-state index contributed by atoms with van der Waals surface area (Å²) >= 11 is 1.87. The Kier molecular flexibility index (Phi) is 7.37. The smallest absolute Gasteiger partial charge is 0.164 e. The minimum Gasteiger partial charge on any atom is -0.309 e. The molecule has 0 aliphatic heterocycles. The summed E-state index contributed by atoms with van der Waals surface area (Å²) in [7, 11) is 0. The SMILES string of the molecule is c1ccc(-c2nc(-c3ccccc3)nc(-c3ccc(-n4c5ccccc5c5cc6ccccc6cc54)c(-c4cccc5sc6c7ccccc7ccc6c45)c3)n2)cc1. The first-order chi connectivity index (χ1) is 28.7. The van der Waals surface area contributed by atoms with Gasteiger partial charge in [-0.05, 0) is 69.6 Å². The highest BCUT2D eigenvalue weighted by atomic mass is 32.1. The summed E-state index contributed by atoms with van der Waals surface area (Å²) in [4.78, 5) is 15.3. The summed E-state index contributed by atoms with van der Waals surface area (Å²) in [5.41, 5.74) is 8.51. The number of hydrogen-bond donors (Lipinski definition) is 0. The fourth-order valence-electron chi connectivity index (χ4n) is 8.72. The van der Waals surface area contributed by atoms with E-state index in [-0.39, 0.29) is 0 Å². The number of benzene rings is 9. The van der Waals surface area contributed by atoms with Crippen LogP contribution >= 0.6 is 11.3 Å². The summed E-state index contributed by atoms with van der Waals surface area (Å²) in [6.07, 6.45) is 0. The molecule has 0 saturated carbocycles. The first-order valence-electron chi connectivity index (χ1n) is 19.5. The van der Waals surface area contributed by atoms with Gasteiger partial charge in [-0.1, -0.05) is 152 Å². The molecule has 0 aliphatic rings. The van der Waals surface area contributed by atoms with Crippen LogP contribution in [0.2, 0.25) is 0 Å². The fraction of sp³-hybridized carbons (Fsp3) is 0. The topological polar surface area (TPSA) is 43.6 Å². The molecule has 0 fully saturated rings. The summed E-state index contributed by atoms with van der Waals surface area (Å²) in [6, 6.07) is 69.3. The third-order valence-corrected chi connectivity index (χ3v) is 12.6. The molecule has 0 atom stereocenters. The standard InChI is InChI=1S/C53H32N4S/c1-3-15-34(16-4-1)51-54-52(35-17-5-2-6-18-35)56-53(55-51)38-27-29-46(57-45-24-12-11-22-40(45)43-30-36-19-7-8-20-37(36)32-47(43)57)44(31-38)41-23-13-25-48-49(41)42-28-26-33-14-9-10-21-39(33)50(42)58-48/h1-32H. The molecule has 58 heavy (non-hydrogen) atoms. The van der Waals surface area contributed by atoms with Crippen molar-refractivity contribution in [3.8, 4) is 51.0 Å². The molecule has 0 unspecified atom stereocenters. The minimum atomic E-state index is 0.627. The molecule has 3 heterocycles. The predicted molar refractivity (Wildman–Crippen MR) is 244 cm³/mol. The van der Waals surface area contributed by atoms with Crippen molar-refractivity contribution >= 4 is 74.9 Å². The second kappa shape index (κ2) is 13.1. The first-order valence-corrected chi connectivity index (χ1v) is 20.3. The van der Waals surface area contributed by atoms with Gasteiger partial charge in [0.2, 0.25) is 0 Å². The molecule has 0 amide bonds. The van der Waals surface area contributed by atoms with Crippen molar-refractivity contribution in [2.24, 2.45) is 0 Å². The Morgan fingerprint density at radius 1 is 0.362 bits per heavy atom. The summed E-state index contributed by atoms with van der Waals surface area (Å²) in [5.74, 6) is 1.91. The van der Waals surface area contributed by atoms with Gasteiger partial charge in [0.05, 0.1) is 16.7 Å². The maximum atomic E-state index is 5.17. The number of hydrogen-bond acceptors (Lipinski definition) is 4. The van der Waals surface area contributed by atoms with Crippen molar-refractivity contribution in [3.05, 3.63) is 194 Å². The highest BCUT2D eigenvalue weighted by molar-refractivity contribution is 7.26. The lowest BCUT2D eigenvalue weighted by Crippen LogP contribution is -2.02. The monoisotopic (exact) mass is 756 g/mol. The van der Waals surface area contributed by atoms with E-state index in [9.17, 15) is 0 Å². The van der Waals surface area contributed by atoms with E-state index in [1.54, 1.807) is 0 Å². The largest absolute Gasteiger partial charge is 0.309 e. The molecule has 9 aromatic carbocycles. The lowest BCUT2D eigenvalue weighted by molar-refractivity contribution is 1.07. The molecule has 5 heteroatoms. The third-order valence-electron chi connectivity index (χ3n) is 11.4. The van der Waals surface area contributed by atoms with Gasteiger partial charge in [0, 0.05) is 53.2 Å². The quantitative estimate of drug-likeness (QED) is 0.176. The summed E-state index contributed by atoms with van der Waals surface area (Å²) in [5, 5.41) is 9.94.